The van der Waals surface area contributed by atoms with Crippen LogP contribution in [0.3, 0.4) is 0 Å². The Kier molecular flexibility index (Phi) is 4.04. The predicted molar refractivity (Wildman–Crippen MR) is 80.1 cm³/mol. The number of carboxylic acid groups (broad SMARTS) is 1. The van der Waals surface area contributed by atoms with Crippen molar-refractivity contribution in [2.24, 2.45) is 5.41 Å². The quantitative estimate of drug-likeness (QED) is 0.884. The first-order valence-electron chi connectivity index (χ1n) is 6.37. The molecule has 0 bridgehead atoms. The van der Waals surface area contributed by atoms with Crippen molar-refractivity contribution in [2.75, 3.05) is 25.0 Å². The fourth-order valence-electron chi connectivity index (χ4n) is 2.54. The van der Waals surface area contributed by atoms with Crippen molar-refractivity contribution in [1.82, 2.24) is 5.32 Å². The number of hydrogen-bond acceptors (Lipinski definition) is 3. The van der Waals surface area contributed by atoms with Gasteiger partial charge in [-0.3, -0.25) is 4.79 Å². The Bertz CT molecular complexity index is 561. The maximum absolute atomic E-state index is 11.9. The van der Waals surface area contributed by atoms with Gasteiger partial charge in [-0.25, -0.2) is 4.79 Å². The summed E-state index contributed by atoms with van der Waals surface area (Å²) < 4.78 is 0.552. The van der Waals surface area contributed by atoms with E-state index >= 15 is 0 Å². The molecule has 1 atom stereocenters. The van der Waals surface area contributed by atoms with Gasteiger partial charge in [0.25, 0.3) is 0 Å². The Morgan fingerprint density at radius 1 is 1.45 bits per heavy atom. The van der Waals surface area contributed by atoms with Gasteiger partial charge >= 0.3 is 5.97 Å². The largest absolute Gasteiger partial charge is 0.478 e. The van der Waals surface area contributed by atoms with Crippen LogP contribution in [0, 0.1) is 5.41 Å². The lowest BCUT2D eigenvalue weighted by Gasteiger charge is -2.24. The van der Waals surface area contributed by atoms with Crippen molar-refractivity contribution >= 4 is 33.5 Å². The maximum Gasteiger partial charge on any atom is 0.336 e. The smallest absolute Gasteiger partial charge is 0.336 e. The Hall–Kier alpha value is -1.56. The third kappa shape index (κ3) is 2.65. The summed E-state index contributed by atoms with van der Waals surface area (Å²) in [5.74, 6) is -0.915. The number of carbonyl (C=O) groups is 2. The van der Waals surface area contributed by atoms with Crippen molar-refractivity contribution in [2.45, 2.75) is 13.3 Å². The summed E-state index contributed by atoms with van der Waals surface area (Å²) in [6, 6.07) is 5.15. The number of amides is 1. The first-order chi connectivity index (χ1) is 9.37. The number of aromatic carboxylic acids is 1. The number of anilines is 1. The van der Waals surface area contributed by atoms with Gasteiger partial charge in [-0.05, 0) is 47.5 Å². The van der Waals surface area contributed by atoms with E-state index in [0.29, 0.717) is 11.0 Å². The van der Waals surface area contributed by atoms with Gasteiger partial charge in [0.2, 0.25) is 5.91 Å². The molecule has 0 spiro atoms. The van der Waals surface area contributed by atoms with Crippen LogP contribution in [-0.2, 0) is 4.79 Å². The second-order valence-corrected chi connectivity index (χ2v) is 6.13. The molecular weight excluding hydrogens is 324 g/mol. The fraction of sp³-hybridized carbons (Fsp3) is 0.429. The van der Waals surface area contributed by atoms with Crippen molar-refractivity contribution in [3.05, 3.63) is 28.2 Å². The van der Waals surface area contributed by atoms with E-state index in [9.17, 15) is 9.59 Å². The molecule has 2 N–H and O–H groups in total. The zero-order chi connectivity index (χ0) is 14.9. The van der Waals surface area contributed by atoms with Crippen molar-refractivity contribution in [3.8, 4) is 0 Å². The summed E-state index contributed by atoms with van der Waals surface area (Å²) in [5.41, 5.74) is 0.767. The SMILES string of the molecule is CNC(=O)C1(C)CCN(c2ccc(C(=O)O)c(Br)c2)C1. The van der Waals surface area contributed by atoms with Crippen LogP contribution < -0.4 is 10.2 Å². The highest BCUT2D eigenvalue weighted by atomic mass is 79.9. The number of nitrogens with one attached hydrogen (secondary N) is 1. The maximum atomic E-state index is 11.9. The third-order valence-corrected chi connectivity index (χ3v) is 4.45. The predicted octanol–water partition coefficient (Wildman–Crippen LogP) is 2.11. The molecule has 5 nitrogen and oxygen atoms in total. The van der Waals surface area contributed by atoms with Crippen LogP contribution in [0.25, 0.3) is 0 Å². The second kappa shape index (κ2) is 5.44. The monoisotopic (exact) mass is 340 g/mol. The summed E-state index contributed by atoms with van der Waals surface area (Å²) in [7, 11) is 1.65. The lowest BCUT2D eigenvalue weighted by molar-refractivity contribution is -0.128. The molecule has 1 unspecified atom stereocenters. The third-order valence-electron chi connectivity index (χ3n) is 3.80. The molecule has 2 rings (SSSR count). The van der Waals surface area contributed by atoms with Crippen LogP contribution in [0.2, 0.25) is 0 Å². The standard InChI is InChI=1S/C14H17BrN2O3/c1-14(13(20)16-2)5-6-17(8-14)9-3-4-10(12(18)19)11(15)7-9/h3-4,7H,5-6,8H2,1-2H3,(H,16,20)(H,18,19). The molecule has 1 fully saturated rings. The summed E-state index contributed by atoms with van der Waals surface area (Å²) in [6.45, 7) is 3.36. The van der Waals surface area contributed by atoms with E-state index < -0.39 is 11.4 Å². The summed E-state index contributed by atoms with van der Waals surface area (Å²) in [4.78, 5) is 25.0. The topological polar surface area (TPSA) is 69.6 Å². The second-order valence-electron chi connectivity index (χ2n) is 5.28. The van der Waals surface area contributed by atoms with Crippen LogP contribution in [0.5, 0.6) is 0 Å². The fourth-order valence-corrected chi connectivity index (χ4v) is 3.08. The minimum Gasteiger partial charge on any atom is -0.478 e. The average molecular weight is 341 g/mol. The molecule has 1 heterocycles. The van der Waals surface area contributed by atoms with Gasteiger partial charge in [0, 0.05) is 30.3 Å². The molecule has 1 aliphatic rings. The number of halogens is 1. The molecule has 20 heavy (non-hydrogen) atoms. The molecule has 1 amide bonds. The molecule has 0 aliphatic carbocycles. The van der Waals surface area contributed by atoms with E-state index in [2.05, 4.69) is 26.1 Å². The number of nitrogens with zero attached hydrogens (tertiary/aromatic N) is 1. The minimum atomic E-state index is -0.958. The van der Waals surface area contributed by atoms with Gasteiger partial charge in [-0.2, -0.15) is 0 Å². The van der Waals surface area contributed by atoms with Gasteiger partial charge in [0.05, 0.1) is 11.0 Å². The summed E-state index contributed by atoms with van der Waals surface area (Å²) in [5, 5.41) is 11.7. The van der Waals surface area contributed by atoms with Gasteiger partial charge in [-0.1, -0.05) is 0 Å². The van der Waals surface area contributed by atoms with E-state index in [0.717, 1.165) is 18.7 Å². The average Bonchev–Trinajstić information content (AvgIpc) is 2.81. The van der Waals surface area contributed by atoms with E-state index in [4.69, 9.17) is 5.11 Å². The van der Waals surface area contributed by atoms with E-state index in [1.807, 2.05) is 6.92 Å². The van der Waals surface area contributed by atoms with Crippen molar-refractivity contribution in [1.29, 1.82) is 0 Å². The minimum absolute atomic E-state index is 0.0428. The van der Waals surface area contributed by atoms with E-state index in [-0.39, 0.29) is 11.5 Å². The molecule has 1 aromatic rings. The van der Waals surface area contributed by atoms with Gasteiger partial charge < -0.3 is 15.3 Å². The van der Waals surface area contributed by atoms with E-state index in [1.54, 1.807) is 25.2 Å². The molecule has 0 aromatic heterocycles. The van der Waals surface area contributed by atoms with E-state index in [1.165, 1.54) is 0 Å². The Morgan fingerprint density at radius 3 is 2.70 bits per heavy atom. The first-order valence-corrected chi connectivity index (χ1v) is 7.17. The number of carbonyl (C=O) groups excluding carboxylic acids is 1. The molecule has 0 saturated carbocycles. The normalized spacial score (nSPS) is 21.9. The highest BCUT2D eigenvalue weighted by molar-refractivity contribution is 9.10. The number of hydrogen-bond donors (Lipinski definition) is 2. The van der Waals surface area contributed by atoms with Gasteiger partial charge in [0.1, 0.15) is 0 Å². The van der Waals surface area contributed by atoms with Gasteiger partial charge in [0.15, 0.2) is 0 Å². The Labute approximate surface area is 126 Å². The number of carboxylic acids is 1. The lowest BCUT2D eigenvalue weighted by atomic mass is 9.89. The molecule has 1 aromatic carbocycles. The molecule has 108 valence electrons. The molecule has 1 aliphatic heterocycles. The van der Waals surface area contributed by atoms with Gasteiger partial charge in [-0.15, -0.1) is 0 Å². The van der Waals surface area contributed by atoms with Crippen LogP contribution >= 0.6 is 15.9 Å². The summed E-state index contributed by atoms with van der Waals surface area (Å²) >= 11 is 3.28. The van der Waals surface area contributed by atoms with Crippen LogP contribution in [0.15, 0.2) is 22.7 Å². The first kappa shape index (κ1) is 14.8. The van der Waals surface area contributed by atoms with Crippen molar-refractivity contribution in [3.63, 3.8) is 0 Å². The zero-order valence-corrected chi connectivity index (χ0v) is 13.0. The molecular formula is C14H17BrN2O3. The van der Waals surface area contributed by atoms with Crippen molar-refractivity contribution < 1.29 is 14.7 Å². The van der Waals surface area contributed by atoms with Crippen LogP contribution in [0.4, 0.5) is 5.69 Å². The Balaban J connectivity index is 2.21. The Morgan fingerprint density at radius 2 is 2.15 bits per heavy atom. The van der Waals surface area contributed by atoms with Crippen LogP contribution in [0.1, 0.15) is 23.7 Å². The molecule has 6 heteroatoms. The highest BCUT2D eigenvalue weighted by Crippen LogP contribution is 2.34. The van der Waals surface area contributed by atoms with Crippen LogP contribution in [-0.4, -0.2) is 37.1 Å². The highest BCUT2D eigenvalue weighted by Gasteiger charge is 2.39. The number of benzene rings is 1. The molecule has 1 saturated heterocycles. The zero-order valence-electron chi connectivity index (χ0n) is 11.4. The molecule has 0 radical (unpaired) electrons. The lowest BCUT2D eigenvalue weighted by Crippen LogP contribution is -2.39. The number of rotatable bonds is 3. The summed E-state index contributed by atoms with van der Waals surface area (Å²) in [6.07, 6.45) is 0.783.